The van der Waals surface area contributed by atoms with E-state index >= 15 is 0 Å². The zero-order valence-electron chi connectivity index (χ0n) is 17.1. The second kappa shape index (κ2) is 8.15. The molecule has 2 aromatic heterocycles. The molecule has 0 saturated heterocycles. The highest BCUT2D eigenvalue weighted by atomic mass is 19.4. The number of rotatable bonds is 4. The van der Waals surface area contributed by atoms with Crippen LogP contribution in [0.2, 0.25) is 0 Å². The summed E-state index contributed by atoms with van der Waals surface area (Å²) in [4.78, 5) is 18.2. The van der Waals surface area contributed by atoms with Crippen molar-refractivity contribution in [1.82, 2.24) is 14.8 Å². The quantitative estimate of drug-likeness (QED) is 0.338. The summed E-state index contributed by atoms with van der Waals surface area (Å²) in [6.07, 6.45) is 0.0423. The van der Waals surface area contributed by atoms with E-state index in [-0.39, 0.29) is 40.8 Å². The molecule has 0 fully saturated rings. The third-order valence-electron chi connectivity index (χ3n) is 5.19. The average molecular weight is 459 g/mol. The molecule has 2 N–H and O–H groups in total. The summed E-state index contributed by atoms with van der Waals surface area (Å²) in [6, 6.07) is 4.95. The molecule has 1 amide bonds. The highest BCUT2D eigenvalue weighted by molar-refractivity contribution is 6.12. The third-order valence-corrected chi connectivity index (χ3v) is 5.19. The number of fused-ring (bicyclic) bond motifs is 1. The van der Waals surface area contributed by atoms with Gasteiger partial charge in [0.1, 0.15) is 17.3 Å². The lowest BCUT2D eigenvalue weighted by atomic mass is 10.1. The summed E-state index contributed by atoms with van der Waals surface area (Å²) in [7, 11) is 0. The number of carbonyl (C=O) groups is 1. The molecule has 0 bridgehead atoms. The molecule has 33 heavy (non-hydrogen) atoms. The molecule has 4 rings (SSSR count). The zero-order chi connectivity index (χ0) is 23.9. The van der Waals surface area contributed by atoms with Crippen molar-refractivity contribution in [3.05, 3.63) is 83.2 Å². The lowest BCUT2D eigenvalue weighted by molar-refractivity contribution is -0.137. The van der Waals surface area contributed by atoms with E-state index < -0.39 is 29.2 Å². The van der Waals surface area contributed by atoms with E-state index in [4.69, 9.17) is 5.41 Å². The van der Waals surface area contributed by atoms with Crippen LogP contribution in [-0.4, -0.2) is 38.0 Å². The number of carbonyl (C=O) groups excluding carboxylic acids is 1. The number of amides is 1. The molecule has 0 spiro atoms. The van der Waals surface area contributed by atoms with Crippen LogP contribution in [0.15, 0.2) is 55.0 Å². The number of alkyl halides is 3. The first-order valence-corrected chi connectivity index (χ1v) is 9.73. The average Bonchev–Trinajstić information content (AvgIpc) is 3.22. The number of hydrogen-bond acceptors (Lipinski definition) is 5. The van der Waals surface area contributed by atoms with Gasteiger partial charge < -0.3 is 15.4 Å². The van der Waals surface area contributed by atoms with Crippen molar-refractivity contribution in [1.29, 1.82) is 5.41 Å². The van der Waals surface area contributed by atoms with E-state index in [1.165, 1.54) is 34.1 Å². The van der Waals surface area contributed by atoms with E-state index in [0.29, 0.717) is 0 Å². The Kier molecular flexibility index (Phi) is 5.48. The van der Waals surface area contributed by atoms with Crippen LogP contribution in [0.3, 0.4) is 0 Å². The Labute approximate surface area is 185 Å². The number of aliphatic hydroxyl groups is 1. The number of hydrogen-bond donors (Lipinski definition) is 2. The first-order valence-electron chi connectivity index (χ1n) is 9.73. The minimum absolute atomic E-state index is 0.0209. The normalized spacial score (nSPS) is 16.6. The van der Waals surface area contributed by atoms with Crippen LogP contribution in [0.1, 0.15) is 40.1 Å². The van der Waals surface area contributed by atoms with Crippen LogP contribution in [0.5, 0.6) is 0 Å². The molecule has 0 saturated carbocycles. The molecule has 0 unspecified atom stereocenters. The van der Waals surface area contributed by atoms with Crippen molar-refractivity contribution in [2.75, 3.05) is 11.4 Å². The van der Waals surface area contributed by atoms with E-state index in [2.05, 4.69) is 10.1 Å². The molecule has 11 heteroatoms. The summed E-state index contributed by atoms with van der Waals surface area (Å²) in [5.74, 6) is -1.66. The van der Waals surface area contributed by atoms with Gasteiger partial charge in [0.05, 0.1) is 35.3 Å². The van der Waals surface area contributed by atoms with E-state index in [1.807, 2.05) is 0 Å². The molecular weight excluding hydrogens is 442 g/mol. The van der Waals surface area contributed by atoms with E-state index in [1.54, 1.807) is 6.92 Å². The summed E-state index contributed by atoms with van der Waals surface area (Å²) < 4.78 is 53.4. The van der Waals surface area contributed by atoms with Gasteiger partial charge in [0.15, 0.2) is 0 Å². The fourth-order valence-electron chi connectivity index (χ4n) is 3.56. The van der Waals surface area contributed by atoms with E-state index in [9.17, 15) is 27.5 Å². The summed E-state index contributed by atoms with van der Waals surface area (Å²) >= 11 is 0. The summed E-state index contributed by atoms with van der Waals surface area (Å²) in [6.45, 7) is 1.93. The lowest BCUT2D eigenvalue weighted by Crippen LogP contribution is -2.43. The predicted octanol–water partition coefficient (Wildman–Crippen LogP) is 4.62. The summed E-state index contributed by atoms with van der Waals surface area (Å²) in [5.41, 5.74) is -0.630. The Balaban J connectivity index is 1.67. The van der Waals surface area contributed by atoms with Gasteiger partial charge in [-0.15, -0.1) is 0 Å². The number of nitrogens with one attached hydrogen (secondary N) is 1. The number of allylic oxidation sites excluding steroid dienone is 1. The summed E-state index contributed by atoms with van der Waals surface area (Å²) in [5, 5.41) is 22.8. The van der Waals surface area contributed by atoms with Gasteiger partial charge in [-0.2, -0.15) is 18.3 Å². The Morgan fingerprint density at radius 2 is 1.91 bits per heavy atom. The monoisotopic (exact) mass is 459 g/mol. The first-order chi connectivity index (χ1) is 15.6. The number of benzene rings is 1. The van der Waals surface area contributed by atoms with Crippen LogP contribution in [-0.2, 0) is 6.18 Å². The van der Waals surface area contributed by atoms with Gasteiger partial charge in [-0.3, -0.25) is 14.5 Å². The molecule has 170 valence electrons. The minimum Gasteiger partial charge on any atom is -0.507 e. The van der Waals surface area contributed by atoms with Gasteiger partial charge in [-0.1, -0.05) is 0 Å². The number of aliphatic hydroxyl groups excluding tert-OH is 1. The topological polar surface area (TPSA) is 95.1 Å². The molecule has 0 radical (unpaired) electrons. The van der Waals surface area contributed by atoms with Gasteiger partial charge in [0.2, 0.25) is 0 Å². The highest BCUT2D eigenvalue weighted by Crippen LogP contribution is 2.33. The lowest BCUT2D eigenvalue weighted by Gasteiger charge is -2.32. The Morgan fingerprint density at radius 3 is 2.55 bits per heavy atom. The number of aromatic nitrogens is 3. The van der Waals surface area contributed by atoms with Crippen molar-refractivity contribution in [2.45, 2.75) is 19.1 Å². The molecule has 1 aromatic carbocycles. The number of anilines is 1. The predicted molar refractivity (Wildman–Crippen MR) is 112 cm³/mol. The highest BCUT2D eigenvalue weighted by Gasteiger charge is 2.35. The standard InChI is InChI=1S/C22H17F4N5O2/c1-12-11-30(16-4-2-14(3-5-16)22(24,25)26)21(33)20-17(10-29-31(12)20)19(32)7-18(27)13-6-15(23)9-28-8-13/h2-10,12,27,32H,11H2,1H3/b19-7-,27-18?/t12-/m0/s1. The SMILES string of the molecule is C[C@H]1CN(c2ccc(C(F)(F)F)cc2)C(=O)c2c(/C(O)=C/C(=N)c3cncc(F)c3)cnn21. The maximum Gasteiger partial charge on any atom is 0.416 e. The van der Waals surface area contributed by atoms with Crippen molar-refractivity contribution in [2.24, 2.45) is 0 Å². The second-order valence-electron chi connectivity index (χ2n) is 7.50. The number of pyridine rings is 1. The fourth-order valence-corrected chi connectivity index (χ4v) is 3.56. The van der Waals surface area contributed by atoms with E-state index in [0.717, 1.165) is 30.5 Å². The van der Waals surface area contributed by atoms with Crippen molar-refractivity contribution in [3.8, 4) is 0 Å². The molecule has 3 aromatic rings. The molecule has 1 aliphatic rings. The molecule has 0 aliphatic carbocycles. The van der Waals surface area contributed by atoms with Crippen LogP contribution >= 0.6 is 0 Å². The Bertz CT molecular complexity index is 1260. The second-order valence-corrected chi connectivity index (χ2v) is 7.50. The van der Waals surface area contributed by atoms with Gasteiger partial charge in [-0.05, 0) is 37.3 Å². The molecule has 1 atom stereocenters. The van der Waals surface area contributed by atoms with Gasteiger partial charge >= 0.3 is 6.18 Å². The molecule has 7 nitrogen and oxygen atoms in total. The van der Waals surface area contributed by atoms with Gasteiger partial charge in [-0.25, -0.2) is 4.39 Å². The van der Waals surface area contributed by atoms with Crippen molar-refractivity contribution < 1.29 is 27.5 Å². The van der Waals surface area contributed by atoms with Crippen LogP contribution in [0.4, 0.5) is 23.2 Å². The van der Waals surface area contributed by atoms with Crippen LogP contribution < -0.4 is 4.90 Å². The van der Waals surface area contributed by atoms with Crippen LogP contribution in [0, 0.1) is 11.2 Å². The first kappa shape index (κ1) is 22.2. The Hall–Kier alpha value is -4.02. The zero-order valence-corrected chi connectivity index (χ0v) is 17.1. The Morgan fingerprint density at radius 1 is 1.21 bits per heavy atom. The smallest absolute Gasteiger partial charge is 0.416 e. The number of halogens is 4. The van der Waals surface area contributed by atoms with Gasteiger partial charge in [0.25, 0.3) is 5.91 Å². The fraction of sp³-hybridized carbons (Fsp3) is 0.182. The maximum absolute atomic E-state index is 13.4. The molecular formula is C22H17F4N5O2. The van der Waals surface area contributed by atoms with Gasteiger partial charge in [0, 0.05) is 30.1 Å². The van der Waals surface area contributed by atoms with Crippen molar-refractivity contribution >= 4 is 23.1 Å². The maximum atomic E-state index is 13.4. The third kappa shape index (κ3) is 4.21. The van der Waals surface area contributed by atoms with Crippen molar-refractivity contribution in [3.63, 3.8) is 0 Å². The minimum atomic E-state index is -4.50. The molecule has 1 aliphatic heterocycles. The largest absolute Gasteiger partial charge is 0.507 e. The molecule has 3 heterocycles. The number of nitrogens with zero attached hydrogens (tertiary/aromatic N) is 4. The van der Waals surface area contributed by atoms with Crippen LogP contribution in [0.25, 0.3) is 5.76 Å².